The Morgan fingerprint density at radius 1 is 1.22 bits per heavy atom. The second-order valence-corrected chi connectivity index (χ2v) is 6.64. The van der Waals surface area contributed by atoms with Gasteiger partial charge in [0.05, 0.1) is 31.1 Å². The van der Waals surface area contributed by atoms with Gasteiger partial charge in [-0.25, -0.2) is 4.68 Å². The highest BCUT2D eigenvalue weighted by Crippen LogP contribution is 2.33. The van der Waals surface area contributed by atoms with E-state index < -0.39 is 0 Å². The van der Waals surface area contributed by atoms with E-state index in [0.717, 1.165) is 18.5 Å². The zero-order chi connectivity index (χ0) is 16.4. The summed E-state index contributed by atoms with van der Waals surface area (Å²) in [5.74, 6) is 0.236. The predicted octanol–water partition coefficient (Wildman–Crippen LogP) is -1.48. The molecule has 2 aliphatic heterocycles. The third kappa shape index (κ3) is 3.79. The van der Waals surface area contributed by atoms with E-state index in [4.69, 9.17) is 18.9 Å². The Hall–Kier alpha value is -0.890. The SMILES string of the molecule is B[C@H]1CC(OC)[C@@H](Cn2cc(C3C[C@H](B)O[C@@H]3COC)nn2)O1. The van der Waals surface area contributed by atoms with Crippen molar-refractivity contribution in [3.05, 3.63) is 11.9 Å². The van der Waals surface area contributed by atoms with Gasteiger partial charge in [-0.1, -0.05) is 5.21 Å². The van der Waals surface area contributed by atoms with Gasteiger partial charge in [-0.05, 0) is 12.8 Å². The first-order chi connectivity index (χ1) is 11.1. The van der Waals surface area contributed by atoms with Gasteiger partial charge in [0.15, 0.2) is 0 Å². The Kier molecular flexibility index (Phi) is 5.41. The van der Waals surface area contributed by atoms with Crippen molar-refractivity contribution >= 4 is 15.7 Å². The van der Waals surface area contributed by atoms with Gasteiger partial charge in [0.2, 0.25) is 0 Å². The number of hydrogen-bond acceptors (Lipinski definition) is 6. The lowest BCUT2D eigenvalue weighted by Crippen LogP contribution is -2.28. The minimum absolute atomic E-state index is 0.0260. The second-order valence-electron chi connectivity index (χ2n) is 6.64. The predicted molar refractivity (Wildman–Crippen MR) is 89.1 cm³/mol. The van der Waals surface area contributed by atoms with Crippen molar-refractivity contribution in [1.82, 2.24) is 15.0 Å². The Labute approximate surface area is 138 Å². The van der Waals surface area contributed by atoms with Crippen molar-refractivity contribution in [1.29, 1.82) is 0 Å². The molecule has 9 heteroatoms. The topological polar surface area (TPSA) is 67.6 Å². The first kappa shape index (κ1) is 16.9. The molecule has 0 aliphatic carbocycles. The molecule has 7 nitrogen and oxygen atoms in total. The van der Waals surface area contributed by atoms with Gasteiger partial charge in [0.25, 0.3) is 0 Å². The zero-order valence-electron chi connectivity index (χ0n) is 14.3. The zero-order valence-corrected chi connectivity index (χ0v) is 14.3. The molecule has 6 atom stereocenters. The lowest BCUT2D eigenvalue weighted by molar-refractivity contribution is -0.00139. The molecule has 2 saturated heterocycles. The number of aromatic nitrogens is 3. The van der Waals surface area contributed by atoms with Crippen molar-refractivity contribution in [3.63, 3.8) is 0 Å². The summed E-state index contributed by atoms with van der Waals surface area (Å²) in [6.45, 7) is 1.24. The van der Waals surface area contributed by atoms with Gasteiger partial charge >= 0.3 is 0 Å². The summed E-state index contributed by atoms with van der Waals surface area (Å²) in [6, 6.07) is 0.449. The number of nitrogens with zero attached hydrogens (tertiary/aromatic N) is 3. The lowest BCUT2D eigenvalue weighted by Gasteiger charge is -2.17. The molecule has 0 spiro atoms. The molecule has 2 aliphatic rings. The smallest absolute Gasteiger partial charge is 0.139 e. The van der Waals surface area contributed by atoms with E-state index in [9.17, 15) is 0 Å². The van der Waals surface area contributed by atoms with Gasteiger partial charge in [0, 0.05) is 38.3 Å². The number of methoxy groups -OCH3 is 2. The molecular formula is C14H25B2N3O4. The van der Waals surface area contributed by atoms with E-state index >= 15 is 0 Å². The molecule has 0 N–H and O–H groups in total. The van der Waals surface area contributed by atoms with Crippen LogP contribution in [0.25, 0.3) is 0 Å². The highest BCUT2D eigenvalue weighted by molar-refractivity contribution is 6.11. The van der Waals surface area contributed by atoms with Crippen LogP contribution in [0.1, 0.15) is 24.5 Å². The summed E-state index contributed by atoms with van der Waals surface area (Å²) >= 11 is 0. The first-order valence-corrected chi connectivity index (χ1v) is 8.33. The third-order valence-corrected chi connectivity index (χ3v) is 4.76. The van der Waals surface area contributed by atoms with Gasteiger partial charge in [-0.2, -0.15) is 0 Å². The van der Waals surface area contributed by atoms with E-state index in [1.807, 2.05) is 10.9 Å². The second kappa shape index (κ2) is 7.34. The van der Waals surface area contributed by atoms with E-state index in [1.165, 1.54) is 0 Å². The largest absolute Gasteiger partial charge is 0.382 e. The maximum Gasteiger partial charge on any atom is 0.139 e. The molecule has 0 aromatic carbocycles. The van der Waals surface area contributed by atoms with Crippen molar-refractivity contribution in [3.8, 4) is 0 Å². The molecule has 0 amide bonds. The van der Waals surface area contributed by atoms with Crippen LogP contribution in [0, 0.1) is 0 Å². The molecule has 0 radical (unpaired) electrons. The first-order valence-electron chi connectivity index (χ1n) is 8.33. The lowest BCUT2D eigenvalue weighted by atomic mass is 9.89. The molecule has 126 valence electrons. The molecular weight excluding hydrogens is 296 g/mol. The molecule has 2 unspecified atom stereocenters. The Bertz CT molecular complexity index is 518. The quantitative estimate of drug-likeness (QED) is 0.596. The highest BCUT2D eigenvalue weighted by atomic mass is 16.6. The van der Waals surface area contributed by atoms with Crippen LogP contribution in [-0.2, 0) is 25.5 Å². The molecule has 1 aromatic heterocycles. The average Bonchev–Trinajstić information content (AvgIpc) is 3.19. The summed E-state index contributed by atoms with van der Waals surface area (Å²) in [7, 11) is 7.59. The van der Waals surface area contributed by atoms with Crippen LogP contribution in [0.2, 0.25) is 0 Å². The van der Waals surface area contributed by atoms with Crippen molar-refractivity contribution in [2.45, 2.75) is 55.6 Å². The van der Waals surface area contributed by atoms with Crippen LogP contribution < -0.4 is 0 Å². The van der Waals surface area contributed by atoms with Crippen LogP contribution in [0.5, 0.6) is 0 Å². The summed E-state index contributed by atoms with van der Waals surface area (Å²) in [5.41, 5.74) is 0.969. The summed E-state index contributed by atoms with van der Waals surface area (Å²) < 4.78 is 24.5. The van der Waals surface area contributed by atoms with Crippen molar-refractivity contribution < 1.29 is 18.9 Å². The molecule has 3 heterocycles. The minimum atomic E-state index is 0.0260. The third-order valence-electron chi connectivity index (χ3n) is 4.76. The van der Waals surface area contributed by atoms with Gasteiger partial charge in [-0.15, -0.1) is 5.10 Å². The molecule has 0 bridgehead atoms. The Morgan fingerprint density at radius 3 is 2.70 bits per heavy atom. The highest BCUT2D eigenvalue weighted by Gasteiger charge is 2.37. The van der Waals surface area contributed by atoms with Gasteiger partial charge in [0.1, 0.15) is 21.8 Å². The van der Waals surface area contributed by atoms with Crippen LogP contribution in [0.3, 0.4) is 0 Å². The van der Waals surface area contributed by atoms with Crippen molar-refractivity contribution in [2.24, 2.45) is 0 Å². The fraction of sp³-hybridized carbons (Fsp3) is 0.857. The molecule has 0 saturated carbocycles. The molecule has 23 heavy (non-hydrogen) atoms. The standard InChI is InChI=1S/C14H25B2N3O4/c1-20-7-12-8(3-13(15)23-12)9-5-19(18-17-9)6-11-10(21-2)4-14(16)22-11/h5,8,10-14H,3-4,6-7,15-16H2,1-2H3/t8?,10?,11-,12-,13-,14-/m1/s1. The van der Waals surface area contributed by atoms with Crippen LogP contribution in [0.15, 0.2) is 6.20 Å². The fourth-order valence-corrected chi connectivity index (χ4v) is 3.68. The molecule has 1 aromatic rings. The van der Waals surface area contributed by atoms with Gasteiger partial charge < -0.3 is 18.9 Å². The van der Waals surface area contributed by atoms with Crippen LogP contribution in [0.4, 0.5) is 0 Å². The summed E-state index contributed by atoms with van der Waals surface area (Å²) in [4.78, 5) is 0. The van der Waals surface area contributed by atoms with Gasteiger partial charge in [-0.3, -0.25) is 0 Å². The normalized spacial score (nSPS) is 37.5. The molecule has 3 rings (SSSR count). The van der Waals surface area contributed by atoms with E-state index in [0.29, 0.717) is 13.2 Å². The Balaban J connectivity index is 1.66. The maximum absolute atomic E-state index is 5.92. The minimum Gasteiger partial charge on any atom is -0.382 e. The monoisotopic (exact) mass is 321 g/mol. The van der Waals surface area contributed by atoms with Crippen LogP contribution >= 0.6 is 0 Å². The van der Waals surface area contributed by atoms with Crippen molar-refractivity contribution in [2.75, 3.05) is 20.8 Å². The fourth-order valence-electron chi connectivity index (χ4n) is 3.68. The summed E-state index contributed by atoms with van der Waals surface area (Å²) in [5, 5.41) is 8.63. The van der Waals surface area contributed by atoms with E-state index in [1.54, 1.807) is 14.2 Å². The van der Waals surface area contributed by atoms with E-state index in [2.05, 4.69) is 26.0 Å². The Morgan fingerprint density at radius 2 is 1.96 bits per heavy atom. The number of rotatable bonds is 6. The van der Waals surface area contributed by atoms with E-state index in [-0.39, 0.29) is 36.2 Å². The molecule has 2 fully saturated rings. The summed E-state index contributed by atoms with van der Waals surface area (Å²) in [6.07, 6.45) is 4.08. The van der Waals surface area contributed by atoms with Crippen LogP contribution in [-0.4, -0.2) is 81.8 Å². The average molecular weight is 321 g/mol. The number of ether oxygens (including phenoxy) is 4. The maximum atomic E-state index is 5.92. The number of hydrogen-bond donors (Lipinski definition) is 0.